The molecule has 0 amide bonds. The fraction of sp³-hybridized carbons (Fsp3) is 0.0204. The van der Waals surface area contributed by atoms with Crippen molar-refractivity contribution in [3.63, 3.8) is 0 Å². The predicted molar refractivity (Wildman–Crippen MR) is 209 cm³/mol. The van der Waals surface area contributed by atoms with Gasteiger partial charge in [0.05, 0.1) is 5.41 Å². The molecule has 0 saturated carbocycles. The van der Waals surface area contributed by atoms with Crippen LogP contribution in [0.2, 0.25) is 0 Å². The van der Waals surface area contributed by atoms with E-state index in [1.54, 1.807) is 0 Å². The molecule has 0 aromatic heterocycles. The Morgan fingerprint density at radius 2 is 0.680 bits per heavy atom. The van der Waals surface area contributed by atoms with Crippen LogP contribution < -0.4 is 4.90 Å². The van der Waals surface area contributed by atoms with E-state index in [-0.39, 0.29) is 0 Å². The van der Waals surface area contributed by atoms with Gasteiger partial charge in [0.15, 0.2) is 0 Å². The maximum absolute atomic E-state index is 2.38. The monoisotopic (exact) mass is 637 g/mol. The van der Waals surface area contributed by atoms with Gasteiger partial charge in [-0.15, -0.1) is 0 Å². The lowest BCUT2D eigenvalue weighted by atomic mass is 9.68. The van der Waals surface area contributed by atoms with Gasteiger partial charge in [-0.3, -0.25) is 0 Å². The quantitative estimate of drug-likeness (QED) is 0.168. The average Bonchev–Trinajstić information content (AvgIpc) is 3.51. The van der Waals surface area contributed by atoms with Crippen LogP contribution in [0.4, 0.5) is 17.1 Å². The van der Waals surface area contributed by atoms with Crippen LogP contribution in [-0.2, 0) is 5.41 Å². The third-order valence-electron chi connectivity index (χ3n) is 10.1. The summed E-state index contributed by atoms with van der Waals surface area (Å²) >= 11 is 0. The van der Waals surface area contributed by atoms with E-state index in [1.807, 2.05) is 0 Å². The van der Waals surface area contributed by atoms with Crippen molar-refractivity contribution >= 4 is 17.1 Å². The van der Waals surface area contributed by atoms with E-state index >= 15 is 0 Å². The Morgan fingerprint density at radius 1 is 0.280 bits per heavy atom. The maximum Gasteiger partial charge on any atom is 0.0713 e. The minimum Gasteiger partial charge on any atom is -0.310 e. The minimum absolute atomic E-state index is 0.432. The summed E-state index contributed by atoms with van der Waals surface area (Å²) in [4.78, 5) is 2.38. The summed E-state index contributed by atoms with van der Waals surface area (Å²) < 4.78 is 0. The molecule has 50 heavy (non-hydrogen) atoms. The molecule has 0 bridgehead atoms. The molecule has 8 aromatic carbocycles. The van der Waals surface area contributed by atoms with Gasteiger partial charge in [0.2, 0.25) is 0 Å². The lowest BCUT2D eigenvalue weighted by Crippen LogP contribution is -2.28. The molecule has 0 spiro atoms. The minimum atomic E-state index is -0.432. The van der Waals surface area contributed by atoms with Gasteiger partial charge >= 0.3 is 0 Å². The SMILES string of the molecule is c1ccc(-c2cccc(N(c3ccc(C4(c5ccccc5)c5ccccc5-c5ccccc54)cc3)c3cccc(-c4ccccc4)c3)c2)cc1. The zero-order valence-corrected chi connectivity index (χ0v) is 27.7. The van der Waals surface area contributed by atoms with Crippen LogP contribution in [0.3, 0.4) is 0 Å². The third-order valence-corrected chi connectivity index (χ3v) is 10.1. The second-order valence-corrected chi connectivity index (χ2v) is 12.9. The zero-order valence-electron chi connectivity index (χ0n) is 27.7. The molecular weight excluding hydrogens is 603 g/mol. The number of rotatable bonds is 7. The molecule has 1 nitrogen and oxygen atoms in total. The molecule has 0 fully saturated rings. The van der Waals surface area contributed by atoms with E-state index in [9.17, 15) is 0 Å². The summed E-state index contributed by atoms with van der Waals surface area (Å²) in [6, 6.07) is 77.1. The number of benzene rings is 8. The van der Waals surface area contributed by atoms with Crippen molar-refractivity contribution in [2.75, 3.05) is 4.90 Å². The Kier molecular flexibility index (Phi) is 7.44. The second kappa shape index (κ2) is 12.5. The van der Waals surface area contributed by atoms with Crippen LogP contribution in [-0.4, -0.2) is 0 Å². The van der Waals surface area contributed by atoms with Gasteiger partial charge in [-0.25, -0.2) is 0 Å². The summed E-state index contributed by atoms with van der Waals surface area (Å²) in [5, 5.41) is 0. The van der Waals surface area contributed by atoms with Crippen LogP contribution in [0, 0.1) is 0 Å². The normalized spacial score (nSPS) is 12.6. The number of hydrogen-bond acceptors (Lipinski definition) is 1. The predicted octanol–water partition coefficient (Wildman–Crippen LogP) is 12.9. The summed E-state index contributed by atoms with van der Waals surface area (Å²) in [5.74, 6) is 0. The van der Waals surface area contributed by atoms with Crippen molar-refractivity contribution in [1.29, 1.82) is 0 Å². The summed E-state index contributed by atoms with van der Waals surface area (Å²) in [6.45, 7) is 0. The molecule has 0 N–H and O–H groups in total. The van der Waals surface area contributed by atoms with E-state index in [1.165, 1.54) is 55.6 Å². The molecule has 0 heterocycles. The first kappa shape index (κ1) is 29.7. The van der Waals surface area contributed by atoms with Crippen molar-refractivity contribution in [2.24, 2.45) is 0 Å². The van der Waals surface area contributed by atoms with Gasteiger partial charge in [-0.1, -0.05) is 176 Å². The van der Waals surface area contributed by atoms with Crippen molar-refractivity contribution < 1.29 is 0 Å². The van der Waals surface area contributed by atoms with Crippen molar-refractivity contribution in [2.45, 2.75) is 5.41 Å². The lowest BCUT2D eigenvalue weighted by Gasteiger charge is -2.34. The Labute approximate surface area is 294 Å². The van der Waals surface area contributed by atoms with Gasteiger partial charge < -0.3 is 4.90 Å². The van der Waals surface area contributed by atoms with E-state index in [0.717, 1.165) is 17.1 Å². The van der Waals surface area contributed by atoms with E-state index in [4.69, 9.17) is 0 Å². The van der Waals surface area contributed by atoms with Crippen LogP contribution in [0.25, 0.3) is 33.4 Å². The average molecular weight is 638 g/mol. The van der Waals surface area contributed by atoms with Crippen LogP contribution in [0.1, 0.15) is 22.3 Å². The van der Waals surface area contributed by atoms with Gasteiger partial charge in [-0.2, -0.15) is 0 Å². The Hall–Kier alpha value is -6.44. The fourth-order valence-electron chi connectivity index (χ4n) is 7.93. The number of anilines is 3. The zero-order chi connectivity index (χ0) is 33.3. The molecule has 0 saturated heterocycles. The molecule has 9 rings (SSSR count). The van der Waals surface area contributed by atoms with Gasteiger partial charge in [-0.05, 0) is 92.0 Å². The topological polar surface area (TPSA) is 3.24 Å². The molecule has 0 unspecified atom stereocenters. The van der Waals surface area contributed by atoms with E-state index < -0.39 is 5.41 Å². The molecule has 0 aliphatic heterocycles. The van der Waals surface area contributed by atoms with Crippen molar-refractivity contribution in [3.8, 4) is 33.4 Å². The summed E-state index contributed by atoms with van der Waals surface area (Å²) in [6.07, 6.45) is 0. The highest BCUT2D eigenvalue weighted by Gasteiger charge is 2.45. The van der Waals surface area contributed by atoms with E-state index in [2.05, 4.69) is 217 Å². The molecular formula is C49H35N. The molecule has 0 atom stereocenters. The molecule has 0 radical (unpaired) electrons. The number of fused-ring (bicyclic) bond motifs is 3. The van der Waals surface area contributed by atoms with Crippen LogP contribution in [0.5, 0.6) is 0 Å². The van der Waals surface area contributed by atoms with Crippen LogP contribution in [0.15, 0.2) is 212 Å². The van der Waals surface area contributed by atoms with E-state index in [0.29, 0.717) is 0 Å². The lowest BCUT2D eigenvalue weighted by molar-refractivity contribution is 0.768. The summed E-state index contributed by atoms with van der Waals surface area (Å²) in [7, 11) is 0. The smallest absolute Gasteiger partial charge is 0.0713 e. The first-order valence-electron chi connectivity index (χ1n) is 17.3. The molecule has 1 aliphatic carbocycles. The van der Waals surface area contributed by atoms with Gasteiger partial charge in [0.1, 0.15) is 0 Å². The van der Waals surface area contributed by atoms with Gasteiger partial charge in [0, 0.05) is 17.1 Å². The molecule has 236 valence electrons. The first-order chi connectivity index (χ1) is 24.8. The largest absolute Gasteiger partial charge is 0.310 e. The maximum atomic E-state index is 2.38. The van der Waals surface area contributed by atoms with Crippen molar-refractivity contribution in [1.82, 2.24) is 0 Å². The third kappa shape index (κ3) is 4.95. The highest BCUT2D eigenvalue weighted by Crippen LogP contribution is 2.56. The number of hydrogen-bond donors (Lipinski definition) is 0. The second-order valence-electron chi connectivity index (χ2n) is 12.9. The highest BCUT2D eigenvalue weighted by molar-refractivity contribution is 5.87. The van der Waals surface area contributed by atoms with Gasteiger partial charge in [0.25, 0.3) is 0 Å². The summed E-state index contributed by atoms with van der Waals surface area (Å²) in [5.41, 5.74) is 15.4. The van der Waals surface area contributed by atoms with Crippen molar-refractivity contribution in [3.05, 3.63) is 235 Å². The standard InChI is InChI=1S/C49H35N/c1-4-16-36(17-5-1)38-20-14-24-43(34-38)50(44-25-15-21-39(35-44)37-18-6-2-7-19-37)42-32-30-41(31-33-42)49(40-22-8-3-9-23-40)47-28-12-10-26-45(47)46-27-11-13-29-48(46)49/h1-35H. The molecule has 1 heteroatoms. The van der Waals surface area contributed by atoms with Crippen LogP contribution >= 0.6 is 0 Å². The number of nitrogens with zero attached hydrogens (tertiary/aromatic N) is 1. The first-order valence-corrected chi connectivity index (χ1v) is 17.3. The highest BCUT2D eigenvalue weighted by atomic mass is 15.1. The molecule has 8 aromatic rings. The Morgan fingerprint density at radius 3 is 1.18 bits per heavy atom. The Bertz CT molecular complexity index is 2280. The Balaban J connectivity index is 1.23. The fourth-order valence-corrected chi connectivity index (χ4v) is 7.93. The molecule has 1 aliphatic rings.